The van der Waals surface area contributed by atoms with Gasteiger partial charge in [-0.25, -0.2) is 0 Å². The Bertz CT molecular complexity index is 569. The maximum atomic E-state index is 12.9. The zero-order valence-electron chi connectivity index (χ0n) is 27.5. The lowest BCUT2D eigenvalue weighted by atomic mass is 9.67. The largest absolute Gasteiger partial charge is 0.481 e. The highest BCUT2D eigenvalue weighted by Crippen LogP contribution is 2.43. The van der Waals surface area contributed by atoms with E-state index in [1.54, 1.807) is 0 Å². The number of aliphatic carboxylic acids is 2. The fraction of sp³-hybridized carbons (Fsp3) is 0.944. The number of unbranched alkanes of at least 4 members (excludes halogenated alkanes) is 16. The van der Waals surface area contributed by atoms with E-state index in [2.05, 4.69) is 27.7 Å². The van der Waals surface area contributed by atoms with Gasteiger partial charge in [0.25, 0.3) is 0 Å². The minimum absolute atomic E-state index is 0.320. The predicted octanol–water partition coefficient (Wildman–Crippen LogP) is 12.0. The number of carboxylic acid groups (broad SMARTS) is 2. The molecule has 2 unspecified atom stereocenters. The molecule has 4 nitrogen and oxygen atoms in total. The molecule has 2 N–H and O–H groups in total. The highest BCUT2D eigenvalue weighted by Gasteiger charge is 2.41. The van der Waals surface area contributed by atoms with Crippen LogP contribution in [0.2, 0.25) is 0 Å². The van der Waals surface area contributed by atoms with Crippen LogP contribution in [0.1, 0.15) is 201 Å². The van der Waals surface area contributed by atoms with Gasteiger partial charge < -0.3 is 10.2 Å². The van der Waals surface area contributed by atoms with Crippen LogP contribution in [0, 0.1) is 17.3 Å². The molecule has 0 heterocycles. The van der Waals surface area contributed by atoms with Crippen molar-refractivity contribution in [2.75, 3.05) is 0 Å². The Hall–Kier alpha value is -1.06. The van der Waals surface area contributed by atoms with Crippen molar-refractivity contribution in [3.63, 3.8) is 0 Å². The average Bonchev–Trinajstić information content (AvgIpc) is 2.94. The van der Waals surface area contributed by atoms with Gasteiger partial charge >= 0.3 is 11.9 Å². The zero-order chi connectivity index (χ0) is 29.9. The Morgan fingerprint density at radius 3 is 1.18 bits per heavy atom. The van der Waals surface area contributed by atoms with Crippen molar-refractivity contribution in [3.8, 4) is 0 Å². The van der Waals surface area contributed by atoms with E-state index < -0.39 is 17.4 Å². The van der Waals surface area contributed by atoms with E-state index >= 15 is 0 Å². The molecule has 40 heavy (non-hydrogen) atoms. The van der Waals surface area contributed by atoms with Gasteiger partial charge in [0.1, 0.15) is 0 Å². The molecule has 4 heteroatoms. The smallest absolute Gasteiger partial charge is 0.309 e. The first-order chi connectivity index (χ1) is 19.3. The van der Waals surface area contributed by atoms with Crippen molar-refractivity contribution < 1.29 is 19.8 Å². The molecule has 0 rings (SSSR count). The third-order valence-electron chi connectivity index (χ3n) is 9.45. The fourth-order valence-corrected chi connectivity index (χ4v) is 6.60. The number of hydrogen-bond donors (Lipinski definition) is 2. The monoisotopic (exact) mass is 567 g/mol. The molecule has 0 fully saturated rings. The first-order valence-electron chi connectivity index (χ1n) is 17.8. The minimum Gasteiger partial charge on any atom is -0.481 e. The second-order valence-corrected chi connectivity index (χ2v) is 13.0. The summed E-state index contributed by atoms with van der Waals surface area (Å²) in [4.78, 5) is 23.4. The first kappa shape index (κ1) is 38.9. The molecule has 0 aliphatic carbocycles. The van der Waals surface area contributed by atoms with Crippen LogP contribution in [-0.4, -0.2) is 22.2 Å². The van der Waals surface area contributed by atoms with Crippen LogP contribution in [0.3, 0.4) is 0 Å². The van der Waals surface area contributed by atoms with Crippen molar-refractivity contribution in [2.45, 2.75) is 201 Å². The number of carbonyl (C=O) groups is 2. The molecule has 0 radical (unpaired) electrons. The third-order valence-corrected chi connectivity index (χ3v) is 9.45. The Balaban J connectivity index is 4.32. The molecule has 0 aromatic carbocycles. The molecular formula is C36H70O4. The summed E-state index contributed by atoms with van der Waals surface area (Å²) in [5.74, 6) is -0.0978. The summed E-state index contributed by atoms with van der Waals surface area (Å²) >= 11 is 0. The molecule has 0 saturated heterocycles. The summed E-state index contributed by atoms with van der Waals surface area (Å²) in [6, 6.07) is 0. The lowest BCUT2D eigenvalue weighted by molar-refractivity contribution is -0.152. The van der Waals surface area contributed by atoms with Crippen LogP contribution >= 0.6 is 0 Å². The van der Waals surface area contributed by atoms with Crippen molar-refractivity contribution in [2.24, 2.45) is 17.3 Å². The van der Waals surface area contributed by atoms with Gasteiger partial charge in [0.15, 0.2) is 0 Å². The van der Waals surface area contributed by atoms with E-state index in [4.69, 9.17) is 5.11 Å². The van der Waals surface area contributed by atoms with Gasteiger partial charge in [0.2, 0.25) is 0 Å². The van der Waals surface area contributed by atoms with Crippen LogP contribution in [0.25, 0.3) is 0 Å². The van der Waals surface area contributed by atoms with Gasteiger partial charge in [-0.05, 0) is 37.5 Å². The molecule has 0 aliphatic rings. The summed E-state index contributed by atoms with van der Waals surface area (Å²) in [6.07, 6.45) is 30.7. The van der Waals surface area contributed by atoms with E-state index in [1.165, 1.54) is 116 Å². The fourth-order valence-electron chi connectivity index (χ4n) is 6.60. The van der Waals surface area contributed by atoms with Crippen molar-refractivity contribution in [3.05, 3.63) is 0 Å². The summed E-state index contributed by atoms with van der Waals surface area (Å²) in [7, 11) is 0. The highest BCUT2D eigenvalue weighted by atomic mass is 16.4. The van der Waals surface area contributed by atoms with Gasteiger partial charge in [0, 0.05) is 6.42 Å². The number of hydrogen-bond acceptors (Lipinski definition) is 2. The van der Waals surface area contributed by atoms with Crippen LogP contribution in [0.5, 0.6) is 0 Å². The molecule has 238 valence electrons. The predicted molar refractivity (Wildman–Crippen MR) is 172 cm³/mol. The molecule has 0 aromatic heterocycles. The number of carboxylic acids is 2. The second-order valence-electron chi connectivity index (χ2n) is 13.0. The summed E-state index contributed by atoms with van der Waals surface area (Å²) in [5, 5.41) is 19.3. The molecule has 0 bridgehead atoms. The summed E-state index contributed by atoms with van der Waals surface area (Å²) < 4.78 is 0. The lowest BCUT2D eigenvalue weighted by Crippen LogP contribution is -2.36. The Morgan fingerprint density at radius 1 is 0.525 bits per heavy atom. The SMILES string of the molecule is CCCCC(CC)CC(CCCCCCCCCCCCCCCCCC(=O)O)(CC(CC)CCCC)C(=O)O. The molecular weight excluding hydrogens is 496 g/mol. The first-order valence-corrected chi connectivity index (χ1v) is 17.8. The summed E-state index contributed by atoms with van der Waals surface area (Å²) in [6.45, 7) is 9.00. The average molecular weight is 567 g/mol. The van der Waals surface area contributed by atoms with Crippen molar-refractivity contribution >= 4 is 11.9 Å². The molecule has 0 aliphatic heterocycles. The second kappa shape index (κ2) is 26.8. The van der Waals surface area contributed by atoms with E-state index in [0.717, 1.165) is 51.4 Å². The molecule has 0 spiro atoms. The quantitative estimate of drug-likeness (QED) is 0.0818. The molecule has 0 saturated carbocycles. The van der Waals surface area contributed by atoms with Gasteiger partial charge in [-0.2, -0.15) is 0 Å². The maximum absolute atomic E-state index is 12.9. The van der Waals surface area contributed by atoms with Crippen molar-refractivity contribution in [1.82, 2.24) is 0 Å². The van der Waals surface area contributed by atoms with Gasteiger partial charge in [0.05, 0.1) is 5.41 Å². The van der Waals surface area contributed by atoms with Crippen molar-refractivity contribution in [1.29, 1.82) is 0 Å². The molecule has 2 atom stereocenters. The Kier molecular flexibility index (Phi) is 26.1. The lowest BCUT2D eigenvalue weighted by Gasteiger charge is -2.36. The minimum atomic E-state index is -0.670. The highest BCUT2D eigenvalue weighted by molar-refractivity contribution is 5.74. The van der Waals surface area contributed by atoms with Crippen LogP contribution < -0.4 is 0 Å². The van der Waals surface area contributed by atoms with Gasteiger partial charge in [-0.1, -0.05) is 169 Å². The maximum Gasteiger partial charge on any atom is 0.309 e. The summed E-state index contributed by atoms with van der Waals surface area (Å²) in [5.41, 5.74) is -0.526. The Morgan fingerprint density at radius 2 is 0.875 bits per heavy atom. The van der Waals surface area contributed by atoms with E-state index in [9.17, 15) is 14.7 Å². The topological polar surface area (TPSA) is 74.6 Å². The number of rotatable bonds is 31. The van der Waals surface area contributed by atoms with Gasteiger partial charge in [-0.15, -0.1) is 0 Å². The standard InChI is InChI=1S/C36H70O4/c1-5-9-26-32(7-3)30-36(35(39)40,31-33(8-4)27-10-6-2)29-25-23-21-19-17-15-13-11-12-14-16-18-20-22-24-28-34(37)38/h32-33H,5-31H2,1-4H3,(H,37,38)(H,39,40). The molecule has 0 aromatic rings. The Labute approximate surface area is 249 Å². The van der Waals surface area contributed by atoms with Crippen LogP contribution in [-0.2, 0) is 9.59 Å². The normalized spacial score (nSPS) is 14.6. The van der Waals surface area contributed by atoms with Gasteiger partial charge in [-0.3, -0.25) is 9.59 Å². The van der Waals surface area contributed by atoms with Crippen LogP contribution in [0.15, 0.2) is 0 Å². The van der Waals surface area contributed by atoms with E-state index in [1.807, 2.05) is 0 Å². The third kappa shape index (κ3) is 20.8. The van der Waals surface area contributed by atoms with E-state index in [0.29, 0.717) is 18.3 Å². The molecule has 0 amide bonds. The zero-order valence-corrected chi connectivity index (χ0v) is 27.5. The van der Waals surface area contributed by atoms with E-state index in [-0.39, 0.29) is 0 Å². The van der Waals surface area contributed by atoms with Crippen LogP contribution in [0.4, 0.5) is 0 Å².